The van der Waals surface area contributed by atoms with Gasteiger partial charge in [0, 0.05) is 55.1 Å². The lowest BCUT2D eigenvalue weighted by molar-refractivity contribution is -0.137. The molecule has 0 aliphatic carbocycles. The van der Waals surface area contributed by atoms with E-state index < -0.39 is 30.4 Å². The van der Waals surface area contributed by atoms with Crippen LogP contribution in [0.2, 0.25) is 0 Å². The van der Waals surface area contributed by atoms with E-state index in [1.54, 1.807) is 48.4 Å². The molecule has 1 saturated heterocycles. The summed E-state index contributed by atoms with van der Waals surface area (Å²) in [6.45, 7) is 5.81. The molecule has 4 rings (SSSR count). The minimum Gasteiger partial charge on any atom is -0.457 e. The van der Waals surface area contributed by atoms with Crippen LogP contribution in [0.4, 0.5) is 26.3 Å². The fourth-order valence-electron chi connectivity index (χ4n) is 4.71. The van der Waals surface area contributed by atoms with Gasteiger partial charge in [-0.3, -0.25) is 9.59 Å². The van der Waals surface area contributed by atoms with Crippen molar-refractivity contribution in [2.45, 2.75) is 19.3 Å². The van der Waals surface area contributed by atoms with Gasteiger partial charge in [0.05, 0.1) is 5.56 Å². The third kappa shape index (κ3) is 8.08. The zero-order valence-corrected chi connectivity index (χ0v) is 23.4. The molecule has 0 unspecified atom stereocenters. The van der Waals surface area contributed by atoms with Crippen LogP contribution < -0.4 is 20.5 Å². The second-order valence-electron chi connectivity index (χ2n) is 10.4. The molecule has 12 heteroatoms. The van der Waals surface area contributed by atoms with Crippen LogP contribution >= 0.6 is 0 Å². The van der Waals surface area contributed by atoms with Gasteiger partial charge in [0.2, 0.25) is 0 Å². The molecule has 1 aliphatic rings. The maximum Gasteiger partial charge on any atom is 0.416 e. The largest absolute Gasteiger partial charge is 0.457 e. The highest BCUT2D eigenvalue weighted by Crippen LogP contribution is 2.31. The summed E-state index contributed by atoms with van der Waals surface area (Å²) in [6.07, 6.45) is -7.16. The molecule has 6 nitrogen and oxygen atoms in total. The van der Waals surface area contributed by atoms with E-state index in [0.717, 1.165) is 12.1 Å². The average molecular weight is 606 g/mol. The maximum atomic E-state index is 12.9. The van der Waals surface area contributed by atoms with Crippen molar-refractivity contribution < 1.29 is 40.7 Å². The number of likely N-dealkylation sites (tertiary alicyclic amines) is 1. The topological polar surface area (TPSA) is 61.9 Å². The highest BCUT2D eigenvalue weighted by atomic mass is 19.4. The normalized spacial score (nSPS) is 14.3. The molecule has 0 spiro atoms. The number of hydrogen-bond donors (Lipinski definition) is 1. The summed E-state index contributed by atoms with van der Waals surface area (Å²) in [6, 6.07) is 13.7. The Balaban J connectivity index is 1.31. The molecule has 3 aromatic carbocycles. The molecule has 0 atom stereocenters. The molecule has 0 saturated carbocycles. The van der Waals surface area contributed by atoms with Gasteiger partial charge in [-0.15, -0.1) is 0 Å². The summed E-state index contributed by atoms with van der Waals surface area (Å²) >= 11 is 0. The Kier molecular flexibility index (Phi) is 9.07. The maximum absolute atomic E-state index is 12.9. The first kappa shape index (κ1) is 31.5. The summed E-state index contributed by atoms with van der Waals surface area (Å²) < 4.78 is 81.3. The lowest BCUT2D eigenvalue weighted by atomic mass is 9.98. The van der Waals surface area contributed by atoms with Gasteiger partial charge >= 0.3 is 12.4 Å². The molecule has 1 fully saturated rings. The molecule has 0 aromatic heterocycles. The number of halogens is 6. The molecule has 1 aliphatic heterocycles. The molecule has 1 N–H and O–H groups in total. The molecule has 43 heavy (non-hydrogen) atoms. The van der Waals surface area contributed by atoms with Gasteiger partial charge in [0.25, 0.3) is 11.8 Å². The number of ether oxygens (including phenoxy) is 1. The van der Waals surface area contributed by atoms with E-state index in [9.17, 15) is 35.9 Å². The monoisotopic (exact) mass is 605 g/mol. The van der Waals surface area contributed by atoms with Crippen molar-refractivity contribution >= 4 is 24.6 Å². The van der Waals surface area contributed by atoms with Gasteiger partial charge in [-0.2, -0.15) is 26.3 Å². The van der Waals surface area contributed by atoms with Crippen molar-refractivity contribution in [2.24, 2.45) is 5.92 Å². The van der Waals surface area contributed by atoms with E-state index >= 15 is 0 Å². The Morgan fingerprint density at radius 1 is 0.977 bits per heavy atom. The lowest BCUT2D eigenvalue weighted by Crippen LogP contribution is -2.53. The summed E-state index contributed by atoms with van der Waals surface area (Å²) in [5, 5.41) is 3.14. The van der Waals surface area contributed by atoms with Gasteiger partial charge < -0.3 is 19.9 Å². The molecule has 3 aromatic rings. The van der Waals surface area contributed by atoms with Crippen molar-refractivity contribution in [1.82, 2.24) is 15.1 Å². The molecule has 2 amide bonds. The first-order valence-corrected chi connectivity index (χ1v) is 13.2. The SMILES string of the molecule is C=c1ccc(C(=O)NCC(F)(F)F)c(C)/c1=C/N(C)CC1CN(C(=O)c2ccc(Oc3ccc(C(F)(F)F)cc3)cc2)C1. The van der Waals surface area contributed by atoms with E-state index in [1.165, 1.54) is 18.2 Å². The number of benzene rings is 3. The number of carbonyl (C=O) groups is 2. The van der Waals surface area contributed by atoms with Crippen LogP contribution in [0.5, 0.6) is 11.5 Å². The molecule has 228 valence electrons. The van der Waals surface area contributed by atoms with E-state index in [1.807, 2.05) is 17.3 Å². The van der Waals surface area contributed by atoms with Crippen molar-refractivity contribution in [3.05, 3.63) is 93.4 Å². The van der Waals surface area contributed by atoms with Gasteiger partial charge in [-0.25, -0.2) is 0 Å². The van der Waals surface area contributed by atoms with Crippen molar-refractivity contribution in [1.29, 1.82) is 0 Å². The highest BCUT2D eigenvalue weighted by Gasteiger charge is 2.32. The number of nitrogens with zero attached hydrogens (tertiary/aromatic N) is 2. The summed E-state index contributed by atoms with van der Waals surface area (Å²) in [7, 11) is 1.83. The first-order valence-electron chi connectivity index (χ1n) is 13.2. The van der Waals surface area contributed by atoms with Crippen LogP contribution in [-0.4, -0.2) is 61.0 Å². The average Bonchev–Trinajstić information content (AvgIpc) is 2.91. The van der Waals surface area contributed by atoms with E-state index in [2.05, 4.69) is 6.58 Å². The van der Waals surface area contributed by atoms with Crippen molar-refractivity contribution in [3.63, 3.8) is 0 Å². The minimum absolute atomic E-state index is 0.132. The molecule has 1 heterocycles. The lowest BCUT2D eigenvalue weighted by Gasteiger charge is -2.41. The van der Waals surface area contributed by atoms with E-state index in [-0.39, 0.29) is 23.1 Å². The summed E-state index contributed by atoms with van der Waals surface area (Å²) in [4.78, 5) is 28.8. The zero-order chi connectivity index (χ0) is 31.5. The van der Waals surface area contributed by atoms with E-state index in [0.29, 0.717) is 46.9 Å². The predicted octanol–water partition coefficient (Wildman–Crippen LogP) is 4.95. The van der Waals surface area contributed by atoms with Gasteiger partial charge in [-0.1, -0.05) is 12.6 Å². The smallest absolute Gasteiger partial charge is 0.416 e. The van der Waals surface area contributed by atoms with Gasteiger partial charge in [0.1, 0.15) is 18.0 Å². The quantitative estimate of drug-likeness (QED) is 0.370. The number of amides is 2. The Hall–Kier alpha value is -4.48. The molecule has 0 radical (unpaired) electrons. The van der Waals surface area contributed by atoms with Crippen LogP contribution in [0.25, 0.3) is 12.8 Å². The number of rotatable bonds is 8. The Morgan fingerprint density at radius 2 is 1.56 bits per heavy atom. The van der Waals surface area contributed by atoms with E-state index in [4.69, 9.17) is 4.74 Å². The zero-order valence-electron chi connectivity index (χ0n) is 23.4. The second kappa shape index (κ2) is 12.4. The van der Waals surface area contributed by atoms with Crippen LogP contribution in [0.3, 0.4) is 0 Å². The predicted molar refractivity (Wildman–Crippen MR) is 149 cm³/mol. The number of hydrogen-bond acceptors (Lipinski definition) is 4. The minimum atomic E-state index is -4.51. The Morgan fingerprint density at radius 3 is 2.12 bits per heavy atom. The molecular formula is C31H29F6N3O3. The number of nitrogens with one attached hydrogen (secondary N) is 1. The van der Waals surface area contributed by atoms with Crippen molar-refractivity contribution in [3.8, 4) is 11.5 Å². The standard InChI is InChI=1S/C31H29F6N3O3/c1-19-4-13-26(28(41)38-18-30(32,33)34)20(2)27(19)17-39(3)14-21-15-40(16-21)29(42)22-5-9-24(10-6-22)43-25-11-7-23(8-12-25)31(35,36)37/h4-13,17,21H,1,14-16,18H2,2-3H3,(H,38,41)/b27-17+. The summed E-state index contributed by atoms with van der Waals surface area (Å²) in [5.41, 5.74) is 0.306. The Bertz CT molecular complexity index is 1580. The first-order chi connectivity index (χ1) is 20.1. The van der Waals surface area contributed by atoms with Gasteiger partial charge in [-0.05, 0) is 72.3 Å². The number of alkyl halides is 6. The summed E-state index contributed by atoms with van der Waals surface area (Å²) in [5.74, 6) is -0.218. The van der Waals surface area contributed by atoms with Crippen LogP contribution in [0, 0.1) is 12.8 Å². The Labute approximate surface area is 243 Å². The van der Waals surface area contributed by atoms with Crippen molar-refractivity contribution in [2.75, 3.05) is 33.2 Å². The fourth-order valence-corrected chi connectivity index (χ4v) is 4.71. The third-order valence-corrected chi connectivity index (χ3v) is 6.96. The third-order valence-electron chi connectivity index (χ3n) is 6.96. The highest BCUT2D eigenvalue weighted by molar-refractivity contribution is 5.96. The number of carbonyl (C=O) groups excluding carboxylic acids is 2. The molecular weight excluding hydrogens is 576 g/mol. The fraction of sp³-hybridized carbons (Fsp3) is 0.290. The van der Waals surface area contributed by atoms with Gasteiger partial charge in [0.15, 0.2) is 0 Å². The van der Waals surface area contributed by atoms with Crippen LogP contribution in [-0.2, 0) is 6.18 Å². The van der Waals surface area contributed by atoms with Crippen LogP contribution in [0.15, 0.2) is 60.7 Å². The van der Waals surface area contributed by atoms with Crippen LogP contribution in [0.1, 0.15) is 31.8 Å². The second-order valence-corrected chi connectivity index (χ2v) is 10.4. The molecule has 0 bridgehead atoms.